The molecule has 0 fully saturated rings. The van der Waals surface area contributed by atoms with E-state index in [1.165, 1.54) is 0 Å². The second-order valence-corrected chi connectivity index (χ2v) is 4.15. The molecule has 0 saturated heterocycles. The number of rotatable bonds is 1. The molecule has 3 heterocycles. The van der Waals surface area contributed by atoms with Gasteiger partial charge in [0.2, 0.25) is 0 Å². The van der Waals surface area contributed by atoms with E-state index in [0.29, 0.717) is 5.15 Å². The van der Waals surface area contributed by atoms with E-state index in [9.17, 15) is 0 Å². The van der Waals surface area contributed by atoms with Gasteiger partial charge in [0, 0.05) is 29.7 Å². The minimum atomic E-state index is 0.558. The lowest BCUT2D eigenvalue weighted by atomic mass is 10.2. The maximum atomic E-state index is 6.11. The van der Waals surface area contributed by atoms with Crippen LogP contribution in [0.15, 0.2) is 36.7 Å². The Hall–Kier alpha value is -1.94. The first-order chi connectivity index (χ1) is 8.24. The van der Waals surface area contributed by atoms with E-state index < -0.39 is 0 Å². The van der Waals surface area contributed by atoms with Crippen LogP contribution in [0, 0.1) is 6.92 Å². The van der Waals surface area contributed by atoms with Crippen LogP contribution in [0.5, 0.6) is 0 Å². The lowest BCUT2D eigenvalue weighted by molar-refractivity contribution is 0.933. The number of pyridine rings is 1. The Morgan fingerprint density at radius 1 is 1.29 bits per heavy atom. The highest BCUT2D eigenvalue weighted by molar-refractivity contribution is 6.29. The third-order valence-corrected chi connectivity index (χ3v) is 2.74. The Labute approximate surface area is 103 Å². The molecule has 0 bridgehead atoms. The van der Waals surface area contributed by atoms with Crippen molar-refractivity contribution in [2.45, 2.75) is 6.92 Å². The topological polar surface area (TPSA) is 43.1 Å². The molecule has 5 heteroatoms. The molecule has 84 valence electrons. The van der Waals surface area contributed by atoms with Crippen LogP contribution in [0.1, 0.15) is 5.69 Å². The number of hydrogen-bond donors (Lipinski definition) is 0. The second kappa shape index (κ2) is 3.82. The highest BCUT2D eigenvalue weighted by Crippen LogP contribution is 2.20. The maximum Gasteiger partial charge on any atom is 0.157 e. The predicted molar refractivity (Wildman–Crippen MR) is 66.0 cm³/mol. The van der Waals surface area contributed by atoms with Gasteiger partial charge in [-0.05, 0) is 25.1 Å². The van der Waals surface area contributed by atoms with Crippen molar-refractivity contribution < 1.29 is 0 Å². The Morgan fingerprint density at radius 2 is 2.18 bits per heavy atom. The van der Waals surface area contributed by atoms with Gasteiger partial charge in [-0.2, -0.15) is 5.10 Å². The molecule has 3 aromatic rings. The smallest absolute Gasteiger partial charge is 0.157 e. The van der Waals surface area contributed by atoms with E-state index in [1.54, 1.807) is 23.0 Å². The zero-order valence-corrected chi connectivity index (χ0v) is 9.89. The van der Waals surface area contributed by atoms with E-state index in [4.69, 9.17) is 11.6 Å². The number of halogens is 1. The first-order valence-corrected chi connectivity index (χ1v) is 5.55. The van der Waals surface area contributed by atoms with Crippen LogP contribution in [0.4, 0.5) is 0 Å². The lowest BCUT2D eigenvalue weighted by Gasteiger charge is -1.97. The maximum absolute atomic E-state index is 6.11. The van der Waals surface area contributed by atoms with Crippen molar-refractivity contribution in [3.63, 3.8) is 0 Å². The summed E-state index contributed by atoms with van der Waals surface area (Å²) >= 11 is 6.11. The lowest BCUT2D eigenvalue weighted by Crippen LogP contribution is -1.93. The summed E-state index contributed by atoms with van der Waals surface area (Å²) in [4.78, 5) is 8.45. The van der Waals surface area contributed by atoms with Gasteiger partial charge in [0.15, 0.2) is 5.65 Å². The average molecular weight is 245 g/mol. The predicted octanol–water partition coefficient (Wildman–Crippen LogP) is 2.75. The number of hydrogen-bond acceptors (Lipinski definition) is 3. The molecule has 0 unspecified atom stereocenters. The van der Waals surface area contributed by atoms with Gasteiger partial charge in [-0.1, -0.05) is 11.6 Å². The van der Waals surface area contributed by atoms with Gasteiger partial charge < -0.3 is 0 Å². The van der Waals surface area contributed by atoms with E-state index in [2.05, 4.69) is 15.1 Å². The average Bonchev–Trinajstić information content (AvgIpc) is 2.74. The number of aromatic nitrogens is 4. The zero-order chi connectivity index (χ0) is 11.8. The molecule has 0 saturated carbocycles. The van der Waals surface area contributed by atoms with Crippen molar-refractivity contribution in [1.29, 1.82) is 0 Å². The van der Waals surface area contributed by atoms with Gasteiger partial charge >= 0.3 is 0 Å². The van der Waals surface area contributed by atoms with E-state index >= 15 is 0 Å². The molecule has 17 heavy (non-hydrogen) atoms. The van der Waals surface area contributed by atoms with Crippen LogP contribution in [-0.2, 0) is 0 Å². The fraction of sp³-hybridized carbons (Fsp3) is 0.0833. The SMILES string of the molecule is Cc1cc(Cl)n2nc(-c3cccnc3)cc2n1. The molecule has 0 N–H and O–H groups in total. The Balaban J connectivity index is 2.24. The molecule has 0 aliphatic rings. The molecular formula is C12H9ClN4. The molecule has 0 spiro atoms. The van der Waals surface area contributed by atoms with Crippen LogP contribution in [0.25, 0.3) is 16.9 Å². The van der Waals surface area contributed by atoms with Gasteiger partial charge in [0.1, 0.15) is 5.15 Å². The number of nitrogens with zero attached hydrogens (tertiary/aromatic N) is 4. The van der Waals surface area contributed by atoms with Crippen molar-refractivity contribution >= 4 is 17.2 Å². The van der Waals surface area contributed by atoms with Gasteiger partial charge in [-0.25, -0.2) is 9.50 Å². The summed E-state index contributed by atoms with van der Waals surface area (Å²) in [5, 5.41) is 4.96. The minimum Gasteiger partial charge on any atom is -0.264 e. The third kappa shape index (κ3) is 1.76. The molecule has 0 aliphatic heterocycles. The molecule has 3 rings (SSSR count). The van der Waals surface area contributed by atoms with Crippen LogP contribution >= 0.6 is 11.6 Å². The van der Waals surface area contributed by atoms with Crippen molar-refractivity contribution in [2.24, 2.45) is 0 Å². The van der Waals surface area contributed by atoms with Crippen molar-refractivity contribution in [3.8, 4) is 11.3 Å². The van der Waals surface area contributed by atoms with Gasteiger partial charge in [-0.15, -0.1) is 0 Å². The second-order valence-electron chi connectivity index (χ2n) is 3.76. The zero-order valence-electron chi connectivity index (χ0n) is 9.13. The van der Waals surface area contributed by atoms with Crippen molar-refractivity contribution in [2.75, 3.05) is 0 Å². The summed E-state index contributed by atoms with van der Waals surface area (Å²) in [6, 6.07) is 7.51. The molecule has 0 amide bonds. The van der Waals surface area contributed by atoms with Crippen LogP contribution < -0.4 is 0 Å². The van der Waals surface area contributed by atoms with Crippen molar-refractivity contribution in [3.05, 3.63) is 47.5 Å². The standard InChI is InChI=1S/C12H9ClN4/c1-8-5-11(13)17-12(15-8)6-10(16-17)9-3-2-4-14-7-9/h2-7H,1H3. The van der Waals surface area contributed by atoms with Gasteiger partial charge in [0.25, 0.3) is 0 Å². The molecule has 3 aromatic heterocycles. The fourth-order valence-corrected chi connectivity index (χ4v) is 1.99. The summed E-state index contributed by atoms with van der Waals surface area (Å²) in [5.41, 5.74) is 3.39. The van der Waals surface area contributed by atoms with E-state index in [1.807, 2.05) is 25.1 Å². The Morgan fingerprint density at radius 3 is 2.94 bits per heavy atom. The highest BCUT2D eigenvalue weighted by atomic mass is 35.5. The van der Waals surface area contributed by atoms with Crippen LogP contribution in [0.3, 0.4) is 0 Å². The normalized spacial score (nSPS) is 10.9. The summed E-state index contributed by atoms with van der Waals surface area (Å²) < 4.78 is 1.62. The Kier molecular flexibility index (Phi) is 2.30. The van der Waals surface area contributed by atoms with E-state index in [-0.39, 0.29) is 0 Å². The summed E-state index contributed by atoms with van der Waals surface area (Å²) in [6.45, 7) is 1.91. The fourth-order valence-electron chi connectivity index (χ4n) is 1.71. The summed E-state index contributed by atoms with van der Waals surface area (Å²) in [6.07, 6.45) is 3.50. The van der Waals surface area contributed by atoms with Crippen LogP contribution in [0.2, 0.25) is 5.15 Å². The van der Waals surface area contributed by atoms with Crippen LogP contribution in [-0.4, -0.2) is 19.6 Å². The molecule has 4 nitrogen and oxygen atoms in total. The first kappa shape index (κ1) is 10.2. The number of aryl methyl sites for hydroxylation is 1. The highest BCUT2D eigenvalue weighted by Gasteiger charge is 2.08. The summed E-state index contributed by atoms with van der Waals surface area (Å²) in [7, 11) is 0. The molecule has 0 aliphatic carbocycles. The molecule has 0 radical (unpaired) electrons. The van der Waals surface area contributed by atoms with E-state index in [0.717, 1.165) is 22.6 Å². The molecule has 0 atom stereocenters. The first-order valence-electron chi connectivity index (χ1n) is 5.17. The monoisotopic (exact) mass is 244 g/mol. The number of fused-ring (bicyclic) bond motifs is 1. The van der Waals surface area contributed by atoms with Gasteiger partial charge in [0.05, 0.1) is 5.69 Å². The largest absolute Gasteiger partial charge is 0.264 e. The summed E-state index contributed by atoms with van der Waals surface area (Å²) in [5.74, 6) is 0. The molecular weight excluding hydrogens is 236 g/mol. The Bertz CT molecular complexity index is 676. The molecule has 0 aromatic carbocycles. The van der Waals surface area contributed by atoms with Crippen molar-refractivity contribution in [1.82, 2.24) is 19.6 Å². The minimum absolute atomic E-state index is 0.558. The third-order valence-electron chi connectivity index (χ3n) is 2.47. The quantitative estimate of drug-likeness (QED) is 0.618. The van der Waals surface area contributed by atoms with Gasteiger partial charge in [-0.3, -0.25) is 4.98 Å².